The molecule has 2 amide bonds. The summed E-state index contributed by atoms with van der Waals surface area (Å²) in [6.07, 6.45) is 7.26. The number of carbonyl (C=O) groups is 2. The predicted molar refractivity (Wildman–Crippen MR) is 220 cm³/mol. The summed E-state index contributed by atoms with van der Waals surface area (Å²) >= 11 is 5.36. The summed E-state index contributed by atoms with van der Waals surface area (Å²) in [5.41, 5.74) is 9.55. The monoisotopic (exact) mass is 971 g/mol. The number of pyridine rings is 2. The summed E-state index contributed by atoms with van der Waals surface area (Å²) in [6.45, 7) is 0. The van der Waals surface area contributed by atoms with Gasteiger partial charge in [0.05, 0.1) is 17.3 Å². The number of halogens is 2. The van der Waals surface area contributed by atoms with Crippen LogP contribution in [0.1, 0.15) is 37.4 Å². The molecule has 12 nitrogen and oxygen atoms in total. The second-order valence-electron chi connectivity index (χ2n) is 11.9. The number of nitrogens with one attached hydrogen (secondary N) is 2. The molecule has 4 aromatic carbocycles. The second-order valence-corrected chi connectivity index (χ2v) is 16.8. The first-order valence-electron chi connectivity index (χ1n) is 16.8. The van der Waals surface area contributed by atoms with E-state index in [0.717, 1.165) is 45.3 Å². The Balaban J connectivity index is 0.000000449. The van der Waals surface area contributed by atoms with Crippen molar-refractivity contribution >= 4 is 70.3 Å². The van der Waals surface area contributed by atoms with Crippen LogP contribution in [0.2, 0.25) is 0 Å². The number of aliphatic hydroxyl groups excluding tert-OH is 1. The molecule has 0 bridgehead atoms. The maximum absolute atomic E-state index is 12.5. The number of alkyl halides is 1. The van der Waals surface area contributed by atoms with Crippen molar-refractivity contribution in [3.8, 4) is 0 Å². The number of aryl methyl sites for hydroxylation is 1. The van der Waals surface area contributed by atoms with E-state index in [4.69, 9.17) is 22.4 Å². The van der Waals surface area contributed by atoms with E-state index < -0.39 is 19.7 Å². The van der Waals surface area contributed by atoms with Gasteiger partial charge in [0.25, 0.3) is 11.8 Å². The molecule has 298 valence electrons. The van der Waals surface area contributed by atoms with Gasteiger partial charge in [-0.25, -0.2) is 16.8 Å². The van der Waals surface area contributed by atoms with Crippen LogP contribution in [0.15, 0.2) is 122 Å². The number of anilines is 1. The van der Waals surface area contributed by atoms with Crippen LogP contribution >= 0.6 is 11.6 Å². The first kappa shape index (κ1) is 52.0. The molecule has 0 unspecified atom stereocenters. The summed E-state index contributed by atoms with van der Waals surface area (Å²) in [5, 5.41) is 15.7. The molecule has 0 aliphatic heterocycles. The number of rotatable bonds is 10. The number of sulfone groups is 2. The van der Waals surface area contributed by atoms with E-state index in [9.17, 15) is 26.4 Å². The third-order valence-corrected chi connectivity index (χ3v) is 11.5. The van der Waals surface area contributed by atoms with Crippen LogP contribution < -0.4 is 91.7 Å². The minimum absolute atomic E-state index is 0. The third-order valence-electron chi connectivity index (χ3n) is 7.84. The zero-order valence-electron chi connectivity index (χ0n) is 32.0. The summed E-state index contributed by atoms with van der Waals surface area (Å²) in [4.78, 5) is 30.7. The number of aliphatic hydroxyl groups is 1. The number of hydrogen-bond donors (Lipinski definition) is 4. The minimum Gasteiger partial charge on any atom is -1.00 e. The van der Waals surface area contributed by atoms with Gasteiger partial charge in [0.15, 0.2) is 19.7 Å². The molecule has 2 aromatic heterocycles. The standard InChI is InChI=1S/C20H20N2O3S.C11H10ClNO2S.C8H10N2O.CH4O.HI.K/c1-21-20(23)18-4-2-3-15(11-18)8-10-26(24,25)14-16-5-6-19-13-22-9-7-17(19)12-16;12-8-16(14,15)7-9-1-2-11-6-13-4-3-10(11)5-9;1-10-8(11)6-3-2-4-7(9)5-6;1-2;;/h2-7,9,11-13H,8,10,14H2,1H3,(H,21,23);1-6H,7-8H2;2-5H,9H2,1H3,(H,10,11);2H,1H3;1H;/q;;;;;+1/p-1. The van der Waals surface area contributed by atoms with Gasteiger partial charge in [0.1, 0.15) is 5.21 Å². The Hall–Kier alpha value is -3.04. The average molecular weight is 972 g/mol. The van der Waals surface area contributed by atoms with Gasteiger partial charge in [0.2, 0.25) is 0 Å². The number of amides is 2. The maximum atomic E-state index is 12.5. The number of benzene rings is 4. The topological polar surface area (TPSA) is 199 Å². The van der Waals surface area contributed by atoms with Gasteiger partial charge < -0.3 is 45.5 Å². The van der Waals surface area contributed by atoms with Crippen molar-refractivity contribution in [2.75, 3.05) is 37.9 Å². The summed E-state index contributed by atoms with van der Waals surface area (Å²) in [6, 6.07) is 28.7. The van der Waals surface area contributed by atoms with Crippen LogP contribution in [-0.2, 0) is 37.6 Å². The molecule has 17 heteroatoms. The van der Waals surface area contributed by atoms with E-state index in [1.54, 1.807) is 87.4 Å². The van der Waals surface area contributed by atoms with Gasteiger partial charge in [-0.15, -0.1) is 11.6 Å². The third kappa shape index (κ3) is 17.8. The molecule has 6 aromatic rings. The fraction of sp³-hybridized carbons (Fsp3) is 0.200. The van der Waals surface area contributed by atoms with E-state index in [1.807, 2.05) is 48.5 Å². The van der Waals surface area contributed by atoms with Crippen molar-refractivity contribution in [1.82, 2.24) is 20.6 Å². The molecular formula is C40H44ClIKN5O7S2. The maximum Gasteiger partial charge on any atom is 1.00 e. The Morgan fingerprint density at radius 1 is 0.649 bits per heavy atom. The zero-order chi connectivity index (χ0) is 40.4. The van der Waals surface area contributed by atoms with Crippen molar-refractivity contribution in [3.63, 3.8) is 0 Å². The molecule has 0 atom stereocenters. The summed E-state index contributed by atoms with van der Waals surface area (Å²) in [7, 11) is -2.29. The molecule has 0 radical (unpaired) electrons. The van der Waals surface area contributed by atoms with Crippen molar-refractivity contribution in [2.45, 2.75) is 17.9 Å². The summed E-state index contributed by atoms with van der Waals surface area (Å²) in [5.74, 6) is -0.272. The molecule has 0 saturated carbocycles. The number of nitrogens with zero attached hydrogens (tertiary/aromatic N) is 2. The second kappa shape index (κ2) is 26.1. The van der Waals surface area contributed by atoms with Crippen molar-refractivity contribution in [3.05, 3.63) is 150 Å². The Morgan fingerprint density at radius 3 is 1.60 bits per heavy atom. The number of nitrogens with two attached hydrogens (primary N) is 1. The van der Waals surface area contributed by atoms with Gasteiger partial charge in [-0.1, -0.05) is 54.6 Å². The largest absolute Gasteiger partial charge is 1.00 e. The molecule has 5 N–H and O–H groups in total. The van der Waals surface area contributed by atoms with E-state index in [-0.39, 0.29) is 110 Å². The molecule has 6 rings (SSSR count). The van der Waals surface area contributed by atoms with E-state index in [1.165, 1.54) is 0 Å². The van der Waals surface area contributed by atoms with Crippen LogP contribution in [0.5, 0.6) is 0 Å². The van der Waals surface area contributed by atoms with Gasteiger partial charge in [-0.05, 0) is 76.3 Å². The molecular weight excluding hydrogens is 928 g/mol. The summed E-state index contributed by atoms with van der Waals surface area (Å²) < 4.78 is 47.7. The van der Waals surface area contributed by atoms with E-state index in [0.29, 0.717) is 23.2 Å². The first-order valence-corrected chi connectivity index (χ1v) is 20.9. The minimum atomic E-state index is -3.26. The van der Waals surface area contributed by atoms with Crippen LogP contribution in [0, 0.1) is 0 Å². The predicted octanol–water partition coefficient (Wildman–Crippen LogP) is -0.657. The molecule has 0 spiro atoms. The van der Waals surface area contributed by atoms with Crippen LogP contribution in [0.25, 0.3) is 21.5 Å². The van der Waals surface area contributed by atoms with E-state index in [2.05, 4.69) is 20.6 Å². The fourth-order valence-corrected chi connectivity index (χ4v) is 7.55. The Morgan fingerprint density at radius 2 is 1.12 bits per heavy atom. The van der Waals surface area contributed by atoms with Crippen LogP contribution in [0.3, 0.4) is 0 Å². The quantitative estimate of drug-likeness (QED) is 0.0593. The number of fused-ring (bicyclic) bond motifs is 2. The smallest absolute Gasteiger partial charge is 1.00 e. The molecule has 0 saturated heterocycles. The first-order chi connectivity index (χ1) is 26.3. The Bertz CT molecular complexity index is 2440. The number of aromatic nitrogens is 2. The average Bonchev–Trinajstić information content (AvgIpc) is 3.20. The molecule has 57 heavy (non-hydrogen) atoms. The molecule has 2 heterocycles. The number of hydrogen-bond acceptors (Lipinski definition) is 10. The van der Waals surface area contributed by atoms with Crippen molar-refractivity contribution in [2.24, 2.45) is 0 Å². The van der Waals surface area contributed by atoms with Gasteiger partial charge >= 0.3 is 51.4 Å². The zero-order valence-corrected chi connectivity index (χ0v) is 39.7. The Labute approximate surface area is 398 Å². The number of nitrogen functional groups attached to an aromatic ring is 1. The molecule has 0 aliphatic carbocycles. The van der Waals surface area contributed by atoms with Crippen LogP contribution in [-0.4, -0.2) is 75.9 Å². The van der Waals surface area contributed by atoms with Gasteiger partial charge in [-0.3, -0.25) is 19.6 Å². The number of carbonyl (C=O) groups excluding carboxylic acids is 2. The Kier molecular flexibility index (Phi) is 23.8. The normalized spacial score (nSPS) is 10.4. The SMILES string of the molecule is CNC(=O)c1cccc(CCS(=O)(=O)Cc2ccc3cnccc3c2)c1.CNC(=O)c1cccc(N)c1.CO.O=S(=O)(CCl)Cc1ccc2cnccc2c1.[I-].[K+]. The van der Waals surface area contributed by atoms with Crippen molar-refractivity contribution in [1.29, 1.82) is 0 Å². The molecule has 0 aliphatic rings. The molecule has 0 fully saturated rings. The van der Waals surface area contributed by atoms with Crippen molar-refractivity contribution < 1.29 is 107 Å². The van der Waals surface area contributed by atoms with Gasteiger partial charge in [-0.2, -0.15) is 0 Å². The van der Waals surface area contributed by atoms with Crippen LogP contribution in [0.4, 0.5) is 5.69 Å². The van der Waals surface area contributed by atoms with E-state index >= 15 is 0 Å². The van der Waals surface area contributed by atoms with Gasteiger partial charge in [0, 0.05) is 73.6 Å². The fourth-order valence-electron chi connectivity index (χ4n) is 5.17.